The van der Waals surface area contributed by atoms with E-state index in [0.29, 0.717) is 29.0 Å². The van der Waals surface area contributed by atoms with Crippen molar-refractivity contribution in [2.45, 2.75) is 6.61 Å². The van der Waals surface area contributed by atoms with Gasteiger partial charge in [0.25, 0.3) is 5.56 Å². The number of para-hydroxylation sites is 1. The van der Waals surface area contributed by atoms with Gasteiger partial charge in [-0.05, 0) is 41.5 Å². The first kappa shape index (κ1) is 19.9. The summed E-state index contributed by atoms with van der Waals surface area (Å²) >= 11 is 0. The molecule has 6 nitrogen and oxygen atoms in total. The van der Waals surface area contributed by atoms with Crippen LogP contribution in [0.5, 0.6) is 11.5 Å². The summed E-state index contributed by atoms with van der Waals surface area (Å²) in [4.78, 5) is 19.4. The summed E-state index contributed by atoms with van der Waals surface area (Å²) in [7, 11) is 1.56. The number of H-pyrrole nitrogens is 1. The summed E-state index contributed by atoms with van der Waals surface area (Å²) in [6.45, 7) is 0.415. The molecule has 0 spiro atoms. The molecule has 4 aromatic rings. The fourth-order valence-electron chi connectivity index (χ4n) is 3.16. The van der Waals surface area contributed by atoms with Crippen LogP contribution in [0.3, 0.4) is 0 Å². The maximum atomic E-state index is 12.3. The molecule has 4 rings (SSSR count). The van der Waals surface area contributed by atoms with Crippen molar-refractivity contribution in [1.82, 2.24) is 9.97 Å². The van der Waals surface area contributed by atoms with Crippen LogP contribution in [0.4, 0.5) is 0 Å². The Labute approximate surface area is 179 Å². The van der Waals surface area contributed by atoms with Gasteiger partial charge in [0.05, 0.1) is 23.6 Å². The van der Waals surface area contributed by atoms with Gasteiger partial charge in [0.2, 0.25) is 0 Å². The molecule has 152 valence electrons. The van der Waals surface area contributed by atoms with Crippen molar-refractivity contribution in [3.8, 4) is 17.6 Å². The Kier molecular flexibility index (Phi) is 5.77. The summed E-state index contributed by atoms with van der Waals surface area (Å²) < 4.78 is 11.3. The summed E-state index contributed by atoms with van der Waals surface area (Å²) in [5.74, 6) is 1.36. The van der Waals surface area contributed by atoms with E-state index in [1.807, 2.05) is 36.4 Å². The molecule has 0 unspecified atom stereocenters. The van der Waals surface area contributed by atoms with Gasteiger partial charge in [0.15, 0.2) is 17.3 Å². The highest BCUT2D eigenvalue weighted by Gasteiger charge is 2.10. The van der Waals surface area contributed by atoms with Crippen LogP contribution in [0.2, 0.25) is 0 Å². The number of nitriles is 1. The molecule has 0 radical (unpaired) electrons. The van der Waals surface area contributed by atoms with E-state index in [-0.39, 0.29) is 17.0 Å². The minimum atomic E-state index is -0.288. The van der Waals surface area contributed by atoms with Crippen molar-refractivity contribution in [2.24, 2.45) is 0 Å². The van der Waals surface area contributed by atoms with Gasteiger partial charge >= 0.3 is 0 Å². The number of nitrogens with one attached hydrogen (secondary N) is 1. The van der Waals surface area contributed by atoms with Crippen molar-refractivity contribution >= 4 is 22.6 Å². The third-order valence-corrected chi connectivity index (χ3v) is 4.72. The molecule has 0 amide bonds. The van der Waals surface area contributed by atoms with Crippen molar-refractivity contribution in [1.29, 1.82) is 5.26 Å². The van der Waals surface area contributed by atoms with Crippen molar-refractivity contribution in [2.75, 3.05) is 7.11 Å². The average Bonchev–Trinajstić information content (AvgIpc) is 2.82. The molecule has 0 atom stereocenters. The second-order valence-corrected chi connectivity index (χ2v) is 6.79. The normalized spacial score (nSPS) is 11.2. The smallest absolute Gasteiger partial charge is 0.259 e. The van der Waals surface area contributed by atoms with Gasteiger partial charge in [0, 0.05) is 0 Å². The molecular weight excluding hydrogens is 390 g/mol. The molecule has 1 heterocycles. The molecule has 31 heavy (non-hydrogen) atoms. The fraction of sp³-hybridized carbons (Fsp3) is 0.0800. The first-order valence-electron chi connectivity index (χ1n) is 9.64. The molecule has 0 fully saturated rings. The minimum absolute atomic E-state index is 0.217. The van der Waals surface area contributed by atoms with Gasteiger partial charge in [-0.2, -0.15) is 5.26 Å². The van der Waals surface area contributed by atoms with Gasteiger partial charge < -0.3 is 14.5 Å². The van der Waals surface area contributed by atoms with Crippen molar-refractivity contribution in [3.05, 3.63) is 100 Å². The van der Waals surface area contributed by atoms with Crippen LogP contribution in [-0.2, 0) is 6.61 Å². The van der Waals surface area contributed by atoms with Crippen molar-refractivity contribution in [3.63, 3.8) is 0 Å². The zero-order chi connectivity index (χ0) is 21.6. The number of methoxy groups -OCH3 is 1. The van der Waals surface area contributed by atoms with Gasteiger partial charge in [-0.15, -0.1) is 0 Å². The standard InChI is InChI=1S/C25H19N3O3/c1-30-23-14-18(11-12-22(23)31-16-17-7-3-2-4-8-17)13-19(15-26)24-27-21-10-6-5-9-20(21)25(29)28-24/h2-14H,16H2,1H3,(H,27,28,29)/b19-13+. The minimum Gasteiger partial charge on any atom is -0.493 e. The monoisotopic (exact) mass is 409 g/mol. The molecular formula is C25H19N3O3. The average molecular weight is 409 g/mol. The zero-order valence-electron chi connectivity index (χ0n) is 16.8. The van der Waals surface area contributed by atoms with Crippen LogP contribution >= 0.6 is 0 Å². The summed E-state index contributed by atoms with van der Waals surface area (Å²) in [5.41, 5.74) is 2.25. The lowest BCUT2D eigenvalue weighted by atomic mass is 10.1. The summed E-state index contributed by atoms with van der Waals surface area (Å²) in [5, 5.41) is 10.1. The molecule has 0 aliphatic carbocycles. The molecule has 3 aromatic carbocycles. The highest BCUT2D eigenvalue weighted by molar-refractivity contribution is 5.89. The second kappa shape index (κ2) is 8.97. The van der Waals surface area contributed by atoms with Crippen LogP contribution < -0.4 is 15.0 Å². The maximum Gasteiger partial charge on any atom is 0.259 e. The van der Waals surface area contributed by atoms with E-state index in [4.69, 9.17) is 9.47 Å². The number of fused-ring (bicyclic) bond motifs is 1. The van der Waals surface area contributed by atoms with E-state index in [1.54, 1.807) is 49.6 Å². The number of benzene rings is 3. The zero-order valence-corrected chi connectivity index (χ0v) is 16.8. The Morgan fingerprint density at radius 2 is 1.84 bits per heavy atom. The number of rotatable bonds is 6. The number of nitrogens with zero attached hydrogens (tertiary/aromatic N) is 2. The lowest BCUT2D eigenvalue weighted by Crippen LogP contribution is -2.11. The number of aromatic amines is 1. The highest BCUT2D eigenvalue weighted by Crippen LogP contribution is 2.30. The Balaban J connectivity index is 1.64. The van der Waals surface area contributed by atoms with Crippen LogP contribution in [0.15, 0.2) is 77.6 Å². The predicted octanol–water partition coefficient (Wildman–Crippen LogP) is 4.57. The SMILES string of the molecule is COc1cc(/C=C(\C#N)c2nc3ccccc3c(=O)[nH]2)ccc1OCc1ccccc1. The fourth-order valence-corrected chi connectivity index (χ4v) is 3.16. The Morgan fingerprint density at radius 3 is 2.61 bits per heavy atom. The van der Waals surface area contributed by atoms with Crippen LogP contribution in [0.1, 0.15) is 17.0 Å². The highest BCUT2D eigenvalue weighted by atomic mass is 16.5. The number of ether oxygens (including phenoxy) is 2. The lowest BCUT2D eigenvalue weighted by molar-refractivity contribution is 0.284. The Morgan fingerprint density at radius 1 is 1.06 bits per heavy atom. The number of allylic oxidation sites excluding steroid dienone is 1. The largest absolute Gasteiger partial charge is 0.493 e. The van der Waals surface area contributed by atoms with Gasteiger partial charge in [-0.25, -0.2) is 4.98 Å². The van der Waals surface area contributed by atoms with Gasteiger partial charge in [-0.3, -0.25) is 4.79 Å². The van der Waals surface area contributed by atoms with E-state index in [2.05, 4.69) is 16.0 Å². The van der Waals surface area contributed by atoms with Crippen molar-refractivity contribution < 1.29 is 9.47 Å². The third-order valence-electron chi connectivity index (χ3n) is 4.72. The predicted molar refractivity (Wildman–Crippen MR) is 120 cm³/mol. The third kappa shape index (κ3) is 4.46. The van der Waals surface area contributed by atoms with E-state index in [1.165, 1.54) is 0 Å². The van der Waals surface area contributed by atoms with E-state index >= 15 is 0 Å². The van der Waals surface area contributed by atoms with Gasteiger partial charge in [-0.1, -0.05) is 48.5 Å². The van der Waals surface area contributed by atoms with Crippen LogP contribution in [-0.4, -0.2) is 17.1 Å². The summed E-state index contributed by atoms with van der Waals surface area (Å²) in [6.07, 6.45) is 1.65. The molecule has 1 N–H and O–H groups in total. The maximum absolute atomic E-state index is 12.3. The van der Waals surface area contributed by atoms with Gasteiger partial charge in [0.1, 0.15) is 12.7 Å². The number of hydrogen-bond acceptors (Lipinski definition) is 5. The first-order valence-corrected chi connectivity index (χ1v) is 9.64. The second-order valence-electron chi connectivity index (χ2n) is 6.79. The molecule has 0 saturated carbocycles. The molecule has 0 bridgehead atoms. The lowest BCUT2D eigenvalue weighted by Gasteiger charge is -2.11. The quantitative estimate of drug-likeness (QED) is 0.471. The molecule has 0 aliphatic heterocycles. The van der Waals surface area contributed by atoms with E-state index in [9.17, 15) is 10.1 Å². The number of hydrogen-bond donors (Lipinski definition) is 1. The van der Waals surface area contributed by atoms with E-state index < -0.39 is 0 Å². The summed E-state index contributed by atoms with van der Waals surface area (Å²) in [6, 6.07) is 24.3. The molecule has 0 aliphatic rings. The molecule has 6 heteroatoms. The number of aromatic nitrogens is 2. The molecule has 0 saturated heterocycles. The Bertz CT molecular complexity index is 1350. The Hall–Kier alpha value is -4.37. The van der Waals surface area contributed by atoms with Crippen LogP contribution in [0.25, 0.3) is 22.6 Å². The van der Waals surface area contributed by atoms with Crippen LogP contribution in [0, 0.1) is 11.3 Å². The molecule has 1 aromatic heterocycles. The topological polar surface area (TPSA) is 88.0 Å². The van der Waals surface area contributed by atoms with E-state index in [0.717, 1.165) is 11.1 Å². The first-order chi connectivity index (χ1) is 15.2.